The number of aliphatic hydroxyl groups is 1. The number of halogens is 1. The molecule has 0 radical (unpaired) electrons. The van der Waals surface area contributed by atoms with Gasteiger partial charge in [-0.25, -0.2) is 4.39 Å². The largest absolute Gasteiger partial charge is 0.391 e. The van der Waals surface area contributed by atoms with E-state index in [2.05, 4.69) is 0 Å². The summed E-state index contributed by atoms with van der Waals surface area (Å²) >= 11 is 0. The van der Waals surface area contributed by atoms with E-state index in [1.165, 1.54) is 12.1 Å². The van der Waals surface area contributed by atoms with Gasteiger partial charge in [0.15, 0.2) is 0 Å². The fourth-order valence-electron chi connectivity index (χ4n) is 1.23. The fraction of sp³-hybridized carbons (Fsp3) is 0.455. The van der Waals surface area contributed by atoms with Crippen LogP contribution in [0.25, 0.3) is 0 Å². The Morgan fingerprint density at radius 2 is 1.71 bits per heavy atom. The van der Waals surface area contributed by atoms with Crippen molar-refractivity contribution in [2.45, 2.75) is 26.0 Å². The molecule has 0 saturated carbocycles. The summed E-state index contributed by atoms with van der Waals surface area (Å²) in [7, 11) is 1.88. The zero-order valence-corrected chi connectivity index (χ0v) is 8.74. The summed E-state index contributed by atoms with van der Waals surface area (Å²) in [6, 6.07) is 6.25. The Morgan fingerprint density at radius 3 is 2.14 bits per heavy atom. The van der Waals surface area contributed by atoms with Crippen molar-refractivity contribution in [1.29, 1.82) is 0 Å². The van der Waals surface area contributed by atoms with Gasteiger partial charge >= 0.3 is 0 Å². The van der Waals surface area contributed by atoms with Crippen LogP contribution in [0, 0.1) is 5.82 Å². The van der Waals surface area contributed by atoms with E-state index in [4.69, 9.17) is 0 Å². The highest BCUT2D eigenvalue weighted by atomic mass is 19.1. The minimum absolute atomic E-state index is 0.0143. The predicted molar refractivity (Wildman–Crippen MR) is 55.9 cm³/mol. The number of likely N-dealkylation sites (N-methyl/N-ethyl adjacent to an activating group) is 1. The van der Waals surface area contributed by atoms with Crippen molar-refractivity contribution in [2.75, 3.05) is 11.9 Å². The van der Waals surface area contributed by atoms with Crippen LogP contribution >= 0.6 is 0 Å². The smallest absolute Gasteiger partial charge is 0.123 e. The Kier molecular flexibility index (Phi) is 3.47. The van der Waals surface area contributed by atoms with E-state index in [1.807, 2.05) is 18.9 Å². The molecule has 0 aliphatic heterocycles. The number of anilines is 1. The number of aliphatic hydroxyl groups excluding tert-OH is 1. The molecule has 0 aliphatic carbocycles. The first kappa shape index (κ1) is 11.0. The van der Waals surface area contributed by atoms with E-state index >= 15 is 0 Å². The first-order valence-corrected chi connectivity index (χ1v) is 4.69. The lowest BCUT2D eigenvalue weighted by Crippen LogP contribution is -2.37. The van der Waals surface area contributed by atoms with Gasteiger partial charge < -0.3 is 10.0 Å². The first-order chi connectivity index (χ1) is 6.52. The Morgan fingerprint density at radius 1 is 1.21 bits per heavy atom. The van der Waals surface area contributed by atoms with Crippen LogP contribution in [0.2, 0.25) is 0 Å². The number of hydrogen-bond acceptors (Lipinski definition) is 2. The average Bonchev–Trinajstić information content (AvgIpc) is 2.16. The standard InChI is InChI=1S/C11H16FNO/c1-8(9(2)14)13(3)11-6-4-10(12)5-7-11/h4-9,14H,1-3H3. The number of rotatable bonds is 3. The summed E-state index contributed by atoms with van der Waals surface area (Å²) in [5, 5.41) is 9.39. The van der Waals surface area contributed by atoms with Crippen molar-refractivity contribution in [3.05, 3.63) is 30.1 Å². The highest BCUT2D eigenvalue weighted by molar-refractivity contribution is 5.46. The van der Waals surface area contributed by atoms with E-state index in [0.717, 1.165) is 5.69 Å². The third-order valence-electron chi connectivity index (χ3n) is 2.54. The van der Waals surface area contributed by atoms with Gasteiger partial charge in [0, 0.05) is 12.7 Å². The van der Waals surface area contributed by atoms with E-state index in [1.54, 1.807) is 19.1 Å². The van der Waals surface area contributed by atoms with Crippen molar-refractivity contribution in [1.82, 2.24) is 0 Å². The molecule has 0 spiro atoms. The number of nitrogens with zero attached hydrogens (tertiary/aromatic N) is 1. The summed E-state index contributed by atoms with van der Waals surface area (Å²) in [4.78, 5) is 1.92. The van der Waals surface area contributed by atoms with E-state index in [-0.39, 0.29) is 11.9 Å². The topological polar surface area (TPSA) is 23.5 Å². The van der Waals surface area contributed by atoms with Crippen molar-refractivity contribution in [3.8, 4) is 0 Å². The molecule has 0 aliphatic rings. The minimum atomic E-state index is -0.412. The summed E-state index contributed by atoms with van der Waals surface area (Å²) in [6.45, 7) is 3.67. The van der Waals surface area contributed by atoms with Gasteiger partial charge in [0.2, 0.25) is 0 Å². The van der Waals surface area contributed by atoms with Crippen molar-refractivity contribution >= 4 is 5.69 Å². The second kappa shape index (κ2) is 4.42. The highest BCUT2D eigenvalue weighted by Gasteiger charge is 2.14. The SMILES string of the molecule is CC(O)C(C)N(C)c1ccc(F)cc1. The van der Waals surface area contributed by atoms with Crippen LogP contribution in [0.4, 0.5) is 10.1 Å². The van der Waals surface area contributed by atoms with Gasteiger partial charge in [0.05, 0.1) is 12.1 Å². The summed E-state index contributed by atoms with van der Waals surface area (Å²) in [6.07, 6.45) is -0.412. The van der Waals surface area contributed by atoms with Gasteiger partial charge in [0.25, 0.3) is 0 Å². The third kappa shape index (κ3) is 2.45. The summed E-state index contributed by atoms with van der Waals surface area (Å²) < 4.78 is 12.6. The lowest BCUT2D eigenvalue weighted by atomic mass is 10.1. The third-order valence-corrected chi connectivity index (χ3v) is 2.54. The Bertz CT molecular complexity index is 284. The molecule has 2 unspecified atom stereocenters. The molecule has 2 atom stereocenters. The maximum Gasteiger partial charge on any atom is 0.123 e. The normalized spacial score (nSPS) is 14.9. The molecule has 0 fully saturated rings. The van der Waals surface area contributed by atoms with Gasteiger partial charge in [-0.2, -0.15) is 0 Å². The summed E-state index contributed by atoms with van der Waals surface area (Å²) in [5.41, 5.74) is 0.903. The molecule has 14 heavy (non-hydrogen) atoms. The van der Waals surface area contributed by atoms with Crippen LogP contribution in [0.15, 0.2) is 24.3 Å². The quantitative estimate of drug-likeness (QED) is 0.801. The maximum absolute atomic E-state index is 12.6. The zero-order chi connectivity index (χ0) is 10.7. The fourth-order valence-corrected chi connectivity index (χ4v) is 1.23. The van der Waals surface area contributed by atoms with Gasteiger partial charge in [-0.3, -0.25) is 0 Å². The Balaban J connectivity index is 2.78. The number of hydrogen-bond donors (Lipinski definition) is 1. The molecule has 78 valence electrons. The van der Waals surface area contributed by atoms with Crippen LogP contribution in [0.3, 0.4) is 0 Å². The lowest BCUT2D eigenvalue weighted by Gasteiger charge is -2.29. The molecule has 1 aromatic carbocycles. The molecule has 1 aromatic rings. The molecule has 0 saturated heterocycles. The zero-order valence-electron chi connectivity index (χ0n) is 8.74. The predicted octanol–water partition coefficient (Wildman–Crippen LogP) is 2.03. The molecule has 1 N–H and O–H groups in total. The van der Waals surface area contributed by atoms with Crippen LogP contribution in [-0.2, 0) is 0 Å². The van der Waals surface area contributed by atoms with Crippen LogP contribution in [-0.4, -0.2) is 24.3 Å². The molecular weight excluding hydrogens is 181 g/mol. The maximum atomic E-state index is 12.6. The van der Waals surface area contributed by atoms with Crippen molar-refractivity contribution in [2.24, 2.45) is 0 Å². The van der Waals surface area contributed by atoms with Crippen LogP contribution in [0.5, 0.6) is 0 Å². The lowest BCUT2D eigenvalue weighted by molar-refractivity contribution is 0.168. The van der Waals surface area contributed by atoms with E-state index in [9.17, 15) is 9.50 Å². The molecule has 3 heteroatoms. The molecule has 0 amide bonds. The molecule has 0 bridgehead atoms. The molecule has 0 heterocycles. The average molecular weight is 197 g/mol. The first-order valence-electron chi connectivity index (χ1n) is 4.69. The molecular formula is C11H16FNO. The monoisotopic (exact) mass is 197 g/mol. The van der Waals surface area contributed by atoms with Gasteiger partial charge in [-0.15, -0.1) is 0 Å². The van der Waals surface area contributed by atoms with E-state index in [0.29, 0.717) is 0 Å². The van der Waals surface area contributed by atoms with Crippen molar-refractivity contribution < 1.29 is 9.50 Å². The van der Waals surface area contributed by atoms with E-state index < -0.39 is 6.10 Å². The second-order valence-electron chi connectivity index (χ2n) is 3.57. The van der Waals surface area contributed by atoms with Crippen molar-refractivity contribution in [3.63, 3.8) is 0 Å². The minimum Gasteiger partial charge on any atom is -0.391 e. The Hall–Kier alpha value is -1.09. The highest BCUT2D eigenvalue weighted by Crippen LogP contribution is 2.16. The Labute approximate surface area is 84.0 Å². The van der Waals surface area contributed by atoms with Gasteiger partial charge in [-0.05, 0) is 38.1 Å². The number of benzene rings is 1. The molecule has 0 aromatic heterocycles. The molecule has 1 rings (SSSR count). The van der Waals surface area contributed by atoms with Gasteiger partial charge in [-0.1, -0.05) is 0 Å². The van der Waals surface area contributed by atoms with Crippen LogP contribution in [0.1, 0.15) is 13.8 Å². The summed E-state index contributed by atoms with van der Waals surface area (Å²) in [5.74, 6) is -0.244. The van der Waals surface area contributed by atoms with Crippen LogP contribution < -0.4 is 4.90 Å². The van der Waals surface area contributed by atoms with Gasteiger partial charge in [0.1, 0.15) is 5.82 Å². The molecule has 2 nitrogen and oxygen atoms in total. The second-order valence-corrected chi connectivity index (χ2v) is 3.57.